The van der Waals surface area contributed by atoms with Gasteiger partial charge in [-0.15, -0.1) is 0 Å². The highest BCUT2D eigenvalue weighted by Crippen LogP contribution is 2.40. The highest BCUT2D eigenvalue weighted by Gasteiger charge is 2.30. The minimum absolute atomic E-state index is 0.0815. The number of carbonyl (C=O) groups excluding carboxylic acids is 1. The van der Waals surface area contributed by atoms with Crippen molar-refractivity contribution in [1.82, 2.24) is 19.4 Å². The summed E-state index contributed by atoms with van der Waals surface area (Å²) in [5.41, 5.74) is 14.7. The van der Waals surface area contributed by atoms with Gasteiger partial charge in [-0.1, -0.05) is 29.8 Å². The van der Waals surface area contributed by atoms with Crippen molar-refractivity contribution < 1.29 is 9.53 Å². The van der Waals surface area contributed by atoms with Gasteiger partial charge in [0.05, 0.1) is 10.5 Å². The average Bonchev–Trinajstić information content (AvgIpc) is 3.30. The zero-order chi connectivity index (χ0) is 25.5. The van der Waals surface area contributed by atoms with E-state index in [1.165, 1.54) is 0 Å². The summed E-state index contributed by atoms with van der Waals surface area (Å²) in [7, 11) is 0. The fourth-order valence-corrected chi connectivity index (χ4v) is 5.43. The summed E-state index contributed by atoms with van der Waals surface area (Å²) in [4.78, 5) is 25.7. The molecule has 0 saturated heterocycles. The first-order valence-electron chi connectivity index (χ1n) is 12.2. The summed E-state index contributed by atoms with van der Waals surface area (Å²) < 4.78 is 7.93. The number of rotatable bonds is 5. The molecular weight excluding hydrogens is 488 g/mol. The fourth-order valence-electron chi connectivity index (χ4n) is 5.17. The fraction of sp³-hybridized carbons (Fsp3) is 0.214. The molecule has 8 nitrogen and oxygen atoms in total. The van der Waals surface area contributed by atoms with Crippen LogP contribution >= 0.6 is 11.6 Å². The van der Waals surface area contributed by atoms with Crippen LogP contribution in [-0.2, 0) is 4.79 Å². The van der Waals surface area contributed by atoms with E-state index in [4.69, 9.17) is 37.8 Å². The molecule has 0 atom stereocenters. The Bertz CT molecular complexity index is 1630. The Morgan fingerprint density at radius 2 is 1.81 bits per heavy atom. The molecule has 2 aromatic carbocycles. The first kappa shape index (κ1) is 23.2. The number of carbonyl (C=O) groups is 1. The van der Waals surface area contributed by atoms with Crippen LogP contribution in [0.2, 0.25) is 5.02 Å². The number of anilines is 1. The van der Waals surface area contributed by atoms with Gasteiger partial charge in [-0.2, -0.15) is 0 Å². The number of hydrogen-bond donors (Lipinski definition) is 2. The summed E-state index contributed by atoms with van der Waals surface area (Å²) in [6, 6.07) is 17.1. The molecule has 1 aliphatic carbocycles. The van der Waals surface area contributed by atoms with E-state index in [9.17, 15) is 4.79 Å². The number of para-hydroxylation sites is 1. The van der Waals surface area contributed by atoms with Gasteiger partial charge in [-0.3, -0.25) is 9.20 Å². The molecule has 3 aromatic heterocycles. The van der Waals surface area contributed by atoms with Crippen molar-refractivity contribution in [3.63, 3.8) is 0 Å². The maximum atomic E-state index is 11.7. The molecule has 1 aliphatic rings. The zero-order valence-electron chi connectivity index (χ0n) is 20.0. The molecule has 186 valence electrons. The number of aromatic nitrogens is 4. The molecule has 1 fully saturated rings. The highest BCUT2D eigenvalue weighted by molar-refractivity contribution is 6.34. The Kier molecular flexibility index (Phi) is 5.88. The van der Waals surface area contributed by atoms with Crippen molar-refractivity contribution in [2.24, 2.45) is 11.7 Å². The number of imidazole rings is 1. The maximum Gasteiger partial charge on any atom is 0.220 e. The van der Waals surface area contributed by atoms with Crippen molar-refractivity contribution in [2.75, 3.05) is 5.73 Å². The molecule has 6 rings (SSSR count). The van der Waals surface area contributed by atoms with Gasteiger partial charge >= 0.3 is 0 Å². The van der Waals surface area contributed by atoms with E-state index in [1.807, 2.05) is 65.2 Å². The number of pyridine rings is 1. The number of amides is 1. The monoisotopic (exact) mass is 512 g/mol. The third-order valence-electron chi connectivity index (χ3n) is 7.08. The Balaban J connectivity index is 1.43. The summed E-state index contributed by atoms with van der Waals surface area (Å²) >= 11 is 6.79. The number of fused-ring (bicyclic) bond motifs is 2. The van der Waals surface area contributed by atoms with Crippen molar-refractivity contribution in [3.8, 4) is 22.9 Å². The van der Waals surface area contributed by atoms with Crippen LogP contribution < -0.4 is 16.2 Å². The largest absolute Gasteiger partial charge is 0.439 e. The zero-order valence-corrected chi connectivity index (χ0v) is 20.7. The van der Waals surface area contributed by atoms with Gasteiger partial charge in [-0.05, 0) is 56.0 Å². The van der Waals surface area contributed by atoms with Gasteiger partial charge < -0.3 is 16.2 Å². The van der Waals surface area contributed by atoms with E-state index in [0.717, 1.165) is 42.4 Å². The third-order valence-corrected chi connectivity index (χ3v) is 7.39. The number of nitrogens with two attached hydrogens (primary N) is 2. The summed E-state index contributed by atoms with van der Waals surface area (Å²) in [5, 5.41) is 1.42. The SMILES string of the molecule is NC(=O)C1CCC(c2nc(-c3cc4nc(Oc5ccccc5)ccc4cc3Cl)c3c(N)nccn23)CC1. The standard InChI is InChI=1S/C28H25ClN6O2/c29-21-14-18-10-11-23(37-19-4-2-1-3-5-19)33-22(18)15-20(21)24-25-26(30)32-12-13-35(25)28(34-24)17-8-6-16(7-9-17)27(31)36/h1-5,10-17H,6-9H2,(H2,30,32)(H2,31,36). The number of hydrogen-bond acceptors (Lipinski definition) is 6. The normalized spacial score (nSPS) is 17.8. The van der Waals surface area contributed by atoms with Crippen LogP contribution in [0.3, 0.4) is 0 Å². The van der Waals surface area contributed by atoms with Crippen LogP contribution in [0.1, 0.15) is 37.4 Å². The van der Waals surface area contributed by atoms with Crippen LogP contribution in [0.4, 0.5) is 5.82 Å². The summed E-state index contributed by atoms with van der Waals surface area (Å²) in [6.45, 7) is 0. The number of benzene rings is 2. The predicted octanol–water partition coefficient (Wildman–Crippen LogP) is 5.73. The number of primary amides is 1. The molecule has 5 aromatic rings. The second-order valence-corrected chi connectivity index (χ2v) is 9.80. The number of halogens is 1. The molecule has 0 bridgehead atoms. The van der Waals surface area contributed by atoms with Crippen molar-refractivity contribution >= 4 is 39.7 Å². The molecule has 0 radical (unpaired) electrons. The van der Waals surface area contributed by atoms with Crippen LogP contribution in [0.5, 0.6) is 11.6 Å². The summed E-state index contributed by atoms with van der Waals surface area (Å²) in [6.07, 6.45) is 6.67. The Hall–Kier alpha value is -4.17. The van der Waals surface area contributed by atoms with Gasteiger partial charge in [0.2, 0.25) is 11.8 Å². The van der Waals surface area contributed by atoms with E-state index in [-0.39, 0.29) is 17.7 Å². The maximum absolute atomic E-state index is 11.7. The minimum atomic E-state index is -0.230. The summed E-state index contributed by atoms with van der Waals surface area (Å²) in [5.74, 6) is 2.29. The van der Waals surface area contributed by atoms with Gasteiger partial charge in [0.25, 0.3) is 0 Å². The Labute approximate surface area is 218 Å². The predicted molar refractivity (Wildman–Crippen MR) is 144 cm³/mol. The molecule has 4 N–H and O–H groups in total. The lowest BCUT2D eigenvalue weighted by molar-refractivity contribution is -0.122. The topological polar surface area (TPSA) is 121 Å². The molecule has 0 aliphatic heterocycles. The molecule has 0 unspecified atom stereocenters. The van der Waals surface area contributed by atoms with Crippen LogP contribution in [0, 0.1) is 5.92 Å². The Morgan fingerprint density at radius 3 is 2.57 bits per heavy atom. The molecule has 0 spiro atoms. The lowest BCUT2D eigenvalue weighted by Crippen LogP contribution is -2.27. The van der Waals surface area contributed by atoms with E-state index in [2.05, 4.69) is 4.98 Å². The first-order valence-corrected chi connectivity index (χ1v) is 12.6. The number of nitrogens with zero attached hydrogens (tertiary/aromatic N) is 4. The lowest BCUT2D eigenvalue weighted by Gasteiger charge is -2.25. The molecule has 37 heavy (non-hydrogen) atoms. The van der Waals surface area contributed by atoms with E-state index < -0.39 is 0 Å². The molecular formula is C28H25ClN6O2. The van der Waals surface area contributed by atoms with Crippen molar-refractivity contribution in [3.05, 3.63) is 77.8 Å². The number of nitrogen functional groups attached to an aromatic ring is 1. The molecule has 3 heterocycles. The van der Waals surface area contributed by atoms with E-state index in [0.29, 0.717) is 39.2 Å². The Morgan fingerprint density at radius 1 is 1.03 bits per heavy atom. The third kappa shape index (κ3) is 4.34. The first-order chi connectivity index (χ1) is 18.0. The molecule has 9 heteroatoms. The average molecular weight is 513 g/mol. The lowest BCUT2D eigenvalue weighted by atomic mass is 9.81. The minimum Gasteiger partial charge on any atom is -0.439 e. The van der Waals surface area contributed by atoms with Crippen LogP contribution in [0.15, 0.2) is 67.0 Å². The molecule has 1 saturated carbocycles. The highest BCUT2D eigenvalue weighted by atomic mass is 35.5. The van der Waals surface area contributed by atoms with Gasteiger partial charge in [-0.25, -0.2) is 15.0 Å². The molecule has 1 amide bonds. The van der Waals surface area contributed by atoms with Crippen LogP contribution in [-0.4, -0.2) is 25.3 Å². The number of ether oxygens (including phenoxy) is 1. The van der Waals surface area contributed by atoms with E-state index in [1.54, 1.807) is 6.20 Å². The smallest absolute Gasteiger partial charge is 0.220 e. The van der Waals surface area contributed by atoms with Crippen molar-refractivity contribution in [2.45, 2.75) is 31.6 Å². The van der Waals surface area contributed by atoms with Gasteiger partial charge in [0.1, 0.15) is 28.6 Å². The van der Waals surface area contributed by atoms with Gasteiger partial charge in [0.15, 0.2) is 0 Å². The van der Waals surface area contributed by atoms with Crippen LogP contribution in [0.25, 0.3) is 27.7 Å². The quantitative estimate of drug-likeness (QED) is 0.310. The van der Waals surface area contributed by atoms with Gasteiger partial charge in [0, 0.05) is 41.2 Å². The van der Waals surface area contributed by atoms with Crippen molar-refractivity contribution in [1.29, 1.82) is 0 Å². The second kappa shape index (κ2) is 9.37. The second-order valence-electron chi connectivity index (χ2n) is 9.39. The van der Waals surface area contributed by atoms with E-state index >= 15 is 0 Å².